The summed E-state index contributed by atoms with van der Waals surface area (Å²) in [4.78, 5) is 4.05. The molecule has 0 unspecified atom stereocenters. The van der Waals surface area contributed by atoms with Crippen molar-refractivity contribution in [1.82, 2.24) is 10.6 Å². The van der Waals surface area contributed by atoms with Crippen molar-refractivity contribution < 1.29 is 5.11 Å². The first-order chi connectivity index (χ1) is 6.26. The Hall–Kier alpha value is -0.770. The van der Waals surface area contributed by atoms with Gasteiger partial charge in [0.15, 0.2) is 5.96 Å². The van der Waals surface area contributed by atoms with Gasteiger partial charge in [0.2, 0.25) is 0 Å². The molecule has 0 aromatic heterocycles. The normalized spacial score (nSPS) is 29.9. The van der Waals surface area contributed by atoms with Gasteiger partial charge in [-0.1, -0.05) is 0 Å². The molecule has 0 spiro atoms. The van der Waals surface area contributed by atoms with Crippen LogP contribution in [0, 0.1) is 0 Å². The predicted molar refractivity (Wildman–Crippen MR) is 53.8 cm³/mol. The minimum atomic E-state index is -0.0883. The molecule has 3 N–H and O–H groups in total. The molecule has 0 bridgehead atoms. The molecule has 1 aliphatic rings. The molecule has 4 heteroatoms. The average molecular weight is 185 g/mol. The number of hydrogen-bond acceptors (Lipinski definition) is 2. The highest BCUT2D eigenvalue weighted by atomic mass is 16.3. The van der Waals surface area contributed by atoms with Gasteiger partial charge in [-0.05, 0) is 25.7 Å². The molecule has 76 valence electrons. The highest BCUT2D eigenvalue weighted by molar-refractivity contribution is 5.79. The van der Waals surface area contributed by atoms with Crippen LogP contribution < -0.4 is 10.6 Å². The van der Waals surface area contributed by atoms with Crippen molar-refractivity contribution in [3.05, 3.63) is 0 Å². The van der Waals surface area contributed by atoms with Crippen LogP contribution in [-0.4, -0.2) is 37.3 Å². The highest BCUT2D eigenvalue weighted by Gasteiger charge is 2.19. The molecule has 13 heavy (non-hydrogen) atoms. The Morgan fingerprint density at radius 1 is 1.31 bits per heavy atom. The van der Waals surface area contributed by atoms with Gasteiger partial charge in [-0.25, -0.2) is 0 Å². The quantitative estimate of drug-likeness (QED) is 0.401. The third-order valence-electron chi connectivity index (χ3n) is 2.50. The summed E-state index contributed by atoms with van der Waals surface area (Å²) in [6.45, 7) is 0. The lowest BCUT2D eigenvalue weighted by molar-refractivity contribution is 0.120. The van der Waals surface area contributed by atoms with Crippen LogP contribution in [0.4, 0.5) is 0 Å². The van der Waals surface area contributed by atoms with Crippen molar-refractivity contribution >= 4 is 5.96 Å². The molecule has 0 atom stereocenters. The van der Waals surface area contributed by atoms with Gasteiger partial charge in [0.25, 0.3) is 0 Å². The third-order valence-corrected chi connectivity index (χ3v) is 2.50. The summed E-state index contributed by atoms with van der Waals surface area (Å²) in [6.07, 6.45) is 3.77. The van der Waals surface area contributed by atoms with Gasteiger partial charge < -0.3 is 15.7 Å². The lowest BCUT2D eigenvalue weighted by atomic mass is 9.93. The molecule has 4 nitrogen and oxygen atoms in total. The van der Waals surface area contributed by atoms with Gasteiger partial charge in [-0.3, -0.25) is 4.99 Å². The van der Waals surface area contributed by atoms with Crippen molar-refractivity contribution in [3.8, 4) is 0 Å². The Morgan fingerprint density at radius 2 is 1.92 bits per heavy atom. The van der Waals surface area contributed by atoms with Crippen molar-refractivity contribution in [2.45, 2.75) is 37.8 Å². The Bertz CT molecular complexity index is 174. The van der Waals surface area contributed by atoms with Gasteiger partial charge in [0.05, 0.1) is 6.10 Å². The zero-order chi connectivity index (χ0) is 9.68. The van der Waals surface area contributed by atoms with Crippen LogP contribution in [0.25, 0.3) is 0 Å². The molecule has 1 aliphatic carbocycles. The number of nitrogens with one attached hydrogen (secondary N) is 2. The second-order valence-corrected chi connectivity index (χ2v) is 3.47. The molecule has 1 fully saturated rings. The number of aliphatic hydroxyl groups is 1. The van der Waals surface area contributed by atoms with Crippen LogP contribution in [-0.2, 0) is 0 Å². The first-order valence-electron chi connectivity index (χ1n) is 4.85. The lowest BCUT2D eigenvalue weighted by Crippen LogP contribution is -2.43. The van der Waals surface area contributed by atoms with E-state index in [1.165, 1.54) is 0 Å². The van der Waals surface area contributed by atoms with E-state index in [9.17, 15) is 5.11 Å². The van der Waals surface area contributed by atoms with Gasteiger partial charge in [-0.15, -0.1) is 0 Å². The zero-order valence-corrected chi connectivity index (χ0v) is 8.38. The average Bonchev–Trinajstić information content (AvgIpc) is 2.17. The number of hydrogen-bond donors (Lipinski definition) is 3. The van der Waals surface area contributed by atoms with Crippen molar-refractivity contribution in [2.75, 3.05) is 14.1 Å². The smallest absolute Gasteiger partial charge is 0.190 e. The molecule has 0 aromatic rings. The summed E-state index contributed by atoms with van der Waals surface area (Å²) in [5, 5.41) is 15.6. The second-order valence-electron chi connectivity index (χ2n) is 3.47. The molecule has 0 heterocycles. The molecule has 0 aromatic carbocycles. The molecular weight excluding hydrogens is 166 g/mol. The monoisotopic (exact) mass is 185 g/mol. The van der Waals surface area contributed by atoms with Crippen LogP contribution in [0.1, 0.15) is 25.7 Å². The summed E-state index contributed by atoms with van der Waals surface area (Å²) in [5.41, 5.74) is 0. The van der Waals surface area contributed by atoms with Crippen LogP contribution in [0.2, 0.25) is 0 Å². The SMILES string of the molecule is CN=C(NC)NC1CCC(O)CC1. The van der Waals surface area contributed by atoms with Crippen LogP contribution in [0.5, 0.6) is 0 Å². The Balaban J connectivity index is 2.29. The van der Waals surface area contributed by atoms with E-state index in [1.54, 1.807) is 7.05 Å². The highest BCUT2D eigenvalue weighted by Crippen LogP contribution is 2.17. The molecule has 1 rings (SSSR count). The van der Waals surface area contributed by atoms with Gasteiger partial charge in [-0.2, -0.15) is 0 Å². The molecule has 0 amide bonds. The predicted octanol–water partition coefficient (Wildman–Crippen LogP) is 0.0847. The van der Waals surface area contributed by atoms with Gasteiger partial charge in [0.1, 0.15) is 0 Å². The maximum Gasteiger partial charge on any atom is 0.190 e. The number of aliphatic hydroxyl groups excluding tert-OH is 1. The Kier molecular flexibility index (Phi) is 4.02. The molecule has 0 saturated heterocycles. The third kappa shape index (κ3) is 3.22. The maximum absolute atomic E-state index is 9.30. The summed E-state index contributed by atoms with van der Waals surface area (Å²) in [7, 11) is 3.61. The van der Waals surface area contributed by atoms with E-state index in [-0.39, 0.29) is 6.10 Å². The van der Waals surface area contributed by atoms with E-state index in [2.05, 4.69) is 15.6 Å². The van der Waals surface area contributed by atoms with Crippen LogP contribution in [0.15, 0.2) is 4.99 Å². The fourth-order valence-electron chi connectivity index (χ4n) is 1.66. The minimum absolute atomic E-state index is 0.0883. The van der Waals surface area contributed by atoms with Gasteiger partial charge in [0, 0.05) is 20.1 Å². The summed E-state index contributed by atoms with van der Waals surface area (Å²) < 4.78 is 0. The van der Waals surface area contributed by atoms with Gasteiger partial charge >= 0.3 is 0 Å². The second kappa shape index (κ2) is 5.07. The summed E-state index contributed by atoms with van der Waals surface area (Å²) in [6, 6.07) is 0.467. The van der Waals surface area contributed by atoms with Crippen LogP contribution >= 0.6 is 0 Å². The first kappa shape index (κ1) is 10.3. The molecule has 0 aliphatic heterocycles. The van der Waals surface area contributed by atoms with Crippen LogP contribution in [0.3, 0.4) is 0 Å². The molecule has 0 radical (unpaired) electrons. The number of guanidine groups is 1. The Labute approximate surface area is 79.4 Å². The standard InChI is InChI=1S/C9H19N3O/c1-10-9(11-2)12-7-3-5-8(13)6-4-7/h7-8,13H,3-6H2,1-2H3,(H2,10,11,12). The van der Waals surface area contributed by atoms with E-state index in [0.717, 1.165) is 31.6 Å². The topological polar surface area (TPSA) is 56.7 Å². The van der Waals surface area contributed by atoms with E-state index in [1.807, 2.05) is 7.05 Å². The lowest BCUT2D eigenvalue weighted by Gasteiger charge is -2.27. The first-order valence-corrected chi connectivity index (χ1v) is 4.85. The molecular formula is C9H19N3O. The summed E-state index contributed by atoms with van der Waals surface area (Å²) in [5.74, 6) is 0.835. The number of rotatable bonds is 1. The largest absolute Gasteiger partial charge is 0.393 e. The summed E-state index contributed by atoms with van der Waals surface area (Å²) >= 11 is 0. The van der Waals surface area contributed by atoms with E-state index >= 15 is 0 Å². The fraction of sp³-hybridized carbons (Fsp3) is 0.889. The van der Waals surface area contributed by atoms with E-state index < -0.39 is 0 Å². The Morgan fingerprint density at radius 3 is 2.38 bits per heavy atom. The fourth-order valence-corrected chi connectivity index (χ4v) is 1.66. The van der Waals surface area contributed by atoms with E-state index in [0.29, 0.717) is 6.04 Å². The van der Waals surface area contributed by atoms with E-state index in [4.69, 9.17) is 0 Å². The van der Waals surface area contributed by atoms with Crippen molar-refractivity contribution in [1.29, 1.82) is 0 Å². The zero-order valence-electron chi connectivity index (χ0n) is 8.38. The maximum atomic E-state index is 9.30. The minimum Gasteiger partial charge on any atom is -0.393 e. The number of nitrogens with zero attached hydrogens (tertiary/aromatic N) is 1. The van der Waals surface area contributed by atoms with Crippen molar-refractivity contribution in [3.63, 3.8) is 0 Å². The molecule has 1 saturated carbocycles. The number of aliphatic imine (C=N–C) groups is 1. The van der Waals surface area contributed by atoms with Crippen molar-refractivity contribution in [2.24, 2.45) is 4.99 Å².